The van der Waals surface area contributed by atoms with Crippen LogP contribution in [0.2, 0.25) is 0 Å². The Morgan fingerprint density at radius 3 is 1.81 bits per heavy atom. The van der Waals surface area contributed by atoms with Crippen molar-refractivity contribution in [3.8, 4) is 11.5 Å². The summed E-state index contributed by atoms with van der Waals surface area (Å²) in [5, 5.41) is 0. The zero-order chi connectivity index (χ0) is 27.9. The quantitative estimate of drug-likeness (QED) is 0.371. The maximum atomic E-state index is 16.0. The first-order valence-electron chi connectivity index (χ1n) is 11.0. The van der Waals surface area contributed by atoms with Crippen LogP contribution in [0.3, 0.4) is 0 Å². The van der Waals surface area contributed by atoms with E-state index < -0.39 is 59.4 Å². The summed E-state index contributed by atoms with van der Waals surface area (Å²) in [6.45, 7) is 2.91. The van der Waals surface area contributed by atoms with Crippen LogP contribution < -0.4 is 14.4 Å². The van der Waals surface area contributed by atoms with Crippen molar-refractivity contribution in [1.29, 1.82) is 0 Å². The van der Waals surface area contributed by atoms with Crippen LogP contribution in [0.1, 0.15) is 48.4 Å². The Morgan fingerprint density at radius 1 is 0.865 bits per heavy atom. The van der Waals surface area contributed by atoms with Crippen LogP contribution >= 0.6 is 0 Å². The number of carbonyl (C=O) groups excluding carboxylic acids is 1. The molecule has 1 amide bonds. The minimum Gasteiger partial charge on any atom is -0.493 e. The molecule has 0 aromatic heterocycles. The molecule has 0 N–H and O–H groups in total. The smallest absolute Gasteiger partial charge is 0.416 e. The first-order chi connectivity index (χ1) is 17.1. The normalized spacial score (nSPS) is 18.3. The van der Waals surface area contributed by atoms with Gasteiger partial charge in [-0.25, -0.2) is 13.6 Å². The molecule has 37 heavy (non-hydrogen) atoms. The Hall–Kier alpha value is -3.25. The molecule has 3 rings (SSSR count). The van der Waals surface area contributed by atoms with E-state index in [9.17, 15) is 31.1 Å². The van der Waals surface area contributed by atoms with Crippen molar-refractivity contribution in [2.45, 2.75) is 50.5 Å². The van der Waals surface area contributed by atoms with Crippen molar-refractivity contribution in [1.82, 2.24) is 0 Å². The molecule has 1 aliphatic rings. The Bertz CT molecular complexity index is 1130. The van der Waals surface area contributed by atoms with Gasteiger partial charge in [0.2, 0.25) is 0 Å². The van der Waals surface area contributed by atoms with Crippen molar-refractivity contribution in [2.24, 2.45) is 0 Å². The molecule has 0 saturated carbocycles. The molecule has 13 heteroatoms. The highest BCUT2D eigenvalue weighted by atomic mass is 19.4. The van der Waals surface area contributed by atoms with E-state index in [1.54, 1.807) is 0 Å². The predicted octanol–water partition coefficient (Wildman–Crippen LogP) is 7.37. The molecule has 0 spiro atoms. The van der Waals surface area contributed by atoms with Crippen molar-refractivity contribution in [2.75, 3.05) is 25.7 Å². The fourth-order valence-electron chi connectivity index (χ4n) is 4.35. The van der Waals surface area contributed by atoms with E-state index in [2.05, 4.69) is 0 Å². The van der Waals surface area contributed by atoms with Gasteiger partial charge in [0.05, 0.1) is 43.6 Å². The Kier molecular flexibility index (Phi) is 7.58. The van der Waals surface area contributed by atoms with E-state index in [1.807, 2.05) is 0 Å². The topological polar surface area (TPSA) is 48.0 Å². The SMILES string of the molecule is CCOC(=O)N1c2cc(OC)c(OC)cc2C(C(F)(F)c2cc(C(F)(F)F)cc(C(F)(F)F)c2)CC1C. The number of benzene rings is 2. The van der Waals surface area contributed by atoms with Gasteiger partial charge in [0.15, 0.2) is 11.5 Å². The van der Waals surface area contributed by atoms with Crippen LogP contribution in [-0.4, -0.2) is 33.0 Å². The van der Waals surface area contributed by atoms with Gasteiger partial charge in [-0.15, -0.1) is 0 Å². The van der Waals surface area contributed by atoms with E-state index in [0.29, 0.717) is 0 Å². The second kappa shape index (κ2) is 9.90. The Morgan fingerprint density at radius 2 is 1.35 bits per heavy atom. The number of amides is 1. The van der Waals surface area contributed by atoms with Crippen LogP contribution in [0.5, 0.6) is 11.5 Å². The second-order valence-electron chi connectivity index (χ2n) is 8.39. The molecule has 2 aromatic carbocycles. The fourth-order valence-corrected chi connectivity index (χ4v) is 4.35. The van der Waals surface area contributed by atoms with Crippen molar-refractivity contribution >= 4 is 11.8 Å². The highest BCUT2D eigenvalue weighted by molar-refractivity contribution is 5.91. The van der Waals surface area contributed by atoms with Crippen LogP contribution in [0.25, 0.3) is 0 Å². The number of fused-ring (bicyclic) bond motifs is 1. The van der Waals surface area contributed by atoms with Gasteiger partial charge >= 0.3 is 18.4 Å². The molecule has 2 unspecified atom stereocenters. The summed E-state index contributed by atoms with van der Waals surface area (Å²) < 4.78 is 128. The van der Waals surface area contributed by atoms with E-state index in [-0.39, 0.29) is 47.6 Å². The standard InChI is InChI=1S/C24H23F8NO4/c1-5-37-21(34)33-12(2)6-17(16-10-19(35-3)20(36-4)11-18(16)33)22(25,26)13-7-14(23(27,28)29)9-15(8-13)24(30,31)32/h7-12,17H,5-6H2,1-4H3. The van der Waals surface area contributed by atoms with E-state index in [1.165, 1.54) is 34.1 Å². The number of rotatable bonds is 5. The molecule has 0 fully saturated rings. The Labute approximate surface area is 206 Å². The van der Waals surface area contributed by atoms with Crippen LogP contribution in [0, 0.1) is 0 Å². The molecule has 2 atom stereocenters. The minimum absolute atomic E-state index is 0.0120. The van der Waals surface area contributed by atoms with Gasteiger partial charge in [-0.05, 0) is 50.1 Å². The third-order valence-corrected chi connectivity index (χ3v) is 6.06. The fraction of sp³-hybridized carbons (Fsp3) is 0.458. The maximum Gasteiger partial charge on any atom is 0.416 e. The van der Waals surface area contributed by atoms with Crippen molar-refractivity contribution in [3.05, 3.63) is 52.6 Å². The molecule has 0 saturated heterocycles. The molecule has 0 aliphatic carbocycles. The molecule has 2 aromatic rings. The molecular weight excluding hydrogens is 518 g/mol. The first-order valence-corrected chi connectivity index (χ1v) is 11.0. The zero-order valence-electron chi connectivity index (χ0n) is 20.1. The van der Waals surface area contributed by atoms with Gasteiger partial charge in [-0.2, -0.15) is 26.3 Å². The lowest BCUT2D eigenvalue weighted by atomic mass is 9.78. The molecule has 1 aliphatic heterocycles. The zero-order valence-corrected chi connectivity index (χ0v) is 20.1. The average molecular weight is 541 g/mol. The van der Waals surface area contributed by atoms with Gasteiger partial charge in [-0.1, -0.05) is 0 Å². The number of halogens is 8. The lowest BCUT2D eigenvalue weighted by Crippen LogP contribution is -2.46. The lowest BCUT2D eigenvalue weighted by molar-refractivity contribution is -0.143. The Balaban J connectivity index is 2.27. The highest BCUT2D eigenvalue weighted by Crippen LogP contribution is 2.54. The van der Waals surface area contributed by atoms with Crippen LogP contribution in [0.4, 0.5) is 45.6 Å². The molecule has 0 radical (unpaired) electrons. The van der Waals surface area contributed by atoms with Gasteiger partial charge in [0.25, 0.3) is 5.92 Å². The summed E-state index contributed by atoms with van der Waals surface area (Å²) >= 11 is 0. The van der Waals surface area contributed by atoms with Crippen molar-refractivity contribution in [3.63, 3.8) is 0 Å². The van der Waals surface area contributed by atoms with Gasteiger partial charge in [-0.3, -0.25) is 4.90 Å². The van der Waals surface area contributed by atoms with Gasteiger partial charge in [0, 0.05) is 17.7 Å². The first kappa shape index (κ1) is 28.3. The number of alkyl halides is 8. The summed E-state index contributed by atoms with van der Waals surface area (Å²) in [7, 11) is 2.48. The molecule has 0 bridgehead atoms. The summed E-state index contributed by atoms with van der Waals surface area (Å²) in [6, 6.07) is 1.21. The number of carbonyl (C=O) groups is 1. The number of anilines is 1. The third kappa shape index (κ3) is 5.40. The second-order valence-corrected chi connectivity index (χ2v) is 8.39. The number of ether oxygens (including phenoxy) is 3. The molecular formula is C24H23F8NO4. The molecule has 204 valence electrons. The summed E-state index contributed by atoms with van der Waals surface area (Å²) in [5.74, 6) is -6.11. The minimum atomic E-state index is -5.30. The number of hydrogen-bond donors (Lipinski definition) is 0. The lowest BCUT2D eigenvalue weighted by Gasteiger charge is -2.41. The predicted molar refractivity (Wildman–Crippen MR) is 116 cm³/mol. The van der Waals surface area contributed by atoms with Gasteiger partial charge < -0.3 is 14.2 Å². The summed E-state index contributed by atoms with van der Waals surface area (Å²) in [4.78, 5) is 13.7. The van der Waals surface area contributed by atoms with E-state index >= 15 is 8.78 Å². The largest absolute Gasteiger partial charge is 0.493 e. The number of nitrogens with zero attached hydrogens (tertiary/aromatic N) is 1. The molecule has 5 nitrogen and oxygen atoms in total. The van der Waals surface area contributed by atoms with Crippen LogP contribution in [-0.2, 0) is 23.0 Å². The summed E-state index contributed by atoms with van der Waals surface area (Å²) in [6.07, 6.45) is -12.0. The molecule has 1 heterocycles. The summed E-state index contributed by atoms with van der Waals surface area (Å²) in [5.41, 5.74) is -5.51. The van der Waals surface area contributed by atoms with Gasteiger partial charge in [0.1, 0.15) is 0 Å². The van der Waals surface area contributed by atoms with E-state index in [0.717, 1.165) is 11.0 Å². The number of hydrogen-bond acceptors (Lipinski definition) is 4. The monoisotopic (exact) mass is 541 g/mol. The van der Waals surface area contributed by atoms with Crippen LogP contribution in [0.15, 0.2) is 30.3 Å². The van der Waals surface area contributed by atoms with E-state index in [4.69, 9.17) is 14.2 Å². The average Bonchev–Trinajstić information content (AvgIpc) is 2.81. The van der Waals surface area contributed by atoms with Crippen molar-refractivity contribution < 1.29 is 54.1 Å². The number of methoxy groups -OCH3 is 2. The maximum absolute atomic E-state index is 16.0. The highest BCUT2D eigenvalue weighted by Gasteiger charge is 2.50. The third-order valence-electron chi connectivity index (χ3n) is 6.06.